The van der Waals surface area contributed by atoms with E-state index < -0.39 is 0 Å². The highest BCUT2D eigenvalue weighted by Gasteiger charge is 2.27. The zero-order chi connectivity index (χ0) is 16.1. The second kappa shape index (κ2) is 7.75. The molecule has 4 heteroatoms. The molecule has 23 heavy (non-hydrogen) atoms. The van der Waals surface area contributed by atoms with E-state index in [-0.39, 0.29) is 5.91 Å². The predicted molar refractivity (Wildman–Crippen MR) is 92.2 cm³/mol. The lowest BCUT2D eigenvalue weighted by atomic mass is 10.1. The van der Waals surface area contributed by atoms with Gasteiger partial charge in [-0.25, -0.2) is 0 Å². The summed E-state index contributed by atoms with van der Waals surface area (Å²) < 4.78 is 5.39. The van der Waals surface area contributed by atoms with E-state index in [0.29, 0.717) is 5.92 Å². The molecule has 1 atom stereocenters. The van der Waals surface area contributed by atoms with Crippen molar-refractivity contribution in [1.82, 2.24) is 9.80 Å². The summed E-state index contributed by atoms with van der Waals surface area (Å²) >= 11 is 0. The molecular weight excluding hydrogens is 288 g/mol. The zero-order valence-electron chi connectivity index (χ0n) is 13.9. The van der Waals surface area contributed by atoms with Crippen LogP contribution in [0.5, 0.6) is 0 Å². The Morgan fingerprint density at radius 1 is 1.30 bits per heavy atom. The Balaban J connectivity index is 1.49. The number of ether oxygens (including phenoxy) is 1. The number of amides is 1. The van der Waals surface area contributed by atoms with Gasteiger partial charge in [-0.2, -0.15) is 0 Å². The Hall–Kier alpha value is -1.65. The van der Waals surface area contributed by atoms with Crippen molar-refractivity contribution < 1.29 is 9.53 Å². The summed E-state index contributed by atoms with van der Waals surface area (Å²) in [7, 11) is 0. The van der Waals surface area contributed by atoms with Crippen LogP contribution in [0.15, 0.2) is 30.3 Å². The smallest absolute Gasteiger partial charge is 0.246 e. The number of likely N-dealkylation sites (tertiary alicyclic amines) is 1. The maximum Gasteiger partial charge on any atom is 0.246 e. The first-order valence-electron chi connectivity index (χ1n) is 8.54. The lowest BCUT2D eigenvalue weighted by Gasteiger charge is -2.28. The molecule has 0 unspecified atom stereocenters. The summed E-state index contributed by atoms with van der Waals surface area (Å²) in [4.78, 5) is 16.8. The van der Waals surface area contributed by atoms with Crippen LogP contribution < -0.4 is 0 Å². The van der Waals surface area contributed by atoms with Crippen molar-refractivity contribution in [2.45, 2.75) is 13.3 Å². The minimum absolute atomic E-state index is 0.135. The van der Waals surface area contributed by atoms with Gasteiger partial charge in [0.15, 0.2) is 0 Å². The topological polar surface area (TPSA) is 32.8 Å². The van der Waals surface area contributed by atoms with Crippen LogP contribution in [-0.4, -0.2) is 61.6 Å². The van der Waals surface area contributed by atoms with Crippen LogP contribution in [0.25, 0.3) is 6.08 Å². The fraction of sp³-hybridized carbons (Fsp3) is 0.526. The Kier molecular flexibility index (Phi) is 5.47. The van der Waals surface area contributed by atoms with Crippen molar-refractivity contribution in [2.24, 2.45) is 5.92 Å². The fourth-order valence-corrected chi connectivity index (χ4v) is 3.38. The Bertz CT molecular complexity index is 564. The van der Waals surface area contributed by atoms with Gasteiger partial charge in [0, 0.05) is 38.8 Å². The Morgan fingerprint density at radius 2 is 2.13 bits per heavy atom. The minimum atomic E-state index is 0.135. The molecule has 0 aliphatic carbocycles. The van der Waals surface area contributed by atoms with Crippen molar-refractivity contribution in [2.75, 3.05) is 45.9 Å². The van der Waals surface area contributed by atoms with Gasteiger partial charge in [0.25, 0.3) is 0 Å². The number of hydrogen-bond donors (Lipinski definition) is 0. The number of aryl methyl sites for hydroxylation is 1. The fourth-order valence-electron chi connectivity index (χ4n) is 3.38. The van der Waals surface area contributed by atoms with Crippen LogP contribution in [-0.2, 0) is 9.53 Å². The van der Waals surface area contributed by atoms with Crippen LogP contribution >= 0.6 is 0 Å². The van der Waals surface area contributed by atoms with Gasteiger partial charge in [-0.1, -0.05) is 29.8 Å². The van der Waals surface area contributed by atoms with Crippen LogP contribution in [0, 0.1) is 12.8 Å². The molecule has 1 aromatic rings. The molecule has 1 aromatic carbocycles. The molecule has 2 saturated heterocycles. The normalized spacial score (nSPS) is 22.8. The van der Waals surface area contributed by atoms with E-state index in [1.54, 1.807) is 6.08 Å². The maximum atomic E-state index is 12.3. The molecule has 2 aliphatic heterocycles. The second-order valence-corrected chi connectivity index (χ2v) is 6.60. The highest BCUT2D eigenvalue weighted by atomic mass is 16.5. The number of carbonyl (C=O) groups is 1. The van der Waals surface area contributed by atoms with E-state index in [9.17, 15) is 4.79 Å². The molecule has 0 saturated carbocycles. The molecule has 3 rings (SSSR count). The first-order valence-corrected chi connectivity index (χ1v) is 8.54. The van der Waals surface area contributed by atoms with Gasteiger partial charge in [0.2, 0.25) is 5.91 Å². The summed E-state index contributed by atoms with van der Waals surface area (Å²) in [5.74, 6) is 0.736. The van der Waals surface area contributed by atoms with Gasteiger partial charge in [-0.15, -0.1) is 0 Å². The molecule has 124 valence electrons. The van der Waals surface area contributed by atoms with E-state index in [1.807, 2.05) is 23.1 Å². The van der Waals surface area contributed by atoms with Gasteiger partial charge in [0.05, 0.1) is 13.2 Å². The lowest BCUT2D eigenvalue weighted by molar-refractivity contribution is -0.125. The van der Waals surface area contributed by atoms with Gasteiger partial charge >= 0.3 is 0 Å². The molecule has 4 nitrogen and oxygen atoms in total. The SMILES string of the molecule is Cc1cccc(/C=C\C(=O)N2CC[C@@H](CN3CCOCC3)C2)c1. The van der Waals surface area contributed by atoms with E-state index in [4.69, 9.17) is 4.74 Å². The molecule has 0 radical (unpaired) electrons. The van der Waals surface area contributed by atoms with E-state index in [2.05, 4.69) is 24.0 Å². The average molecular weight is 314 g/mol. The molecule has 0 N–H and O–H groups in total. The second-order valence-electron chi connectivity index (χ2n) is 6.60. The van der Waals surface area contributed by atoms with E-state index in [1.165, 1.54) is 5.56 Å². The maximum absolute atomic E-state index is 12.3. The number of rotatable bonds is 4. The van der Waals surface area contributed by atoms with Crippen molar-refractivity contribution >= 4 is 12.0 Å². The van der Waals surface area contributed by atoms with Crippen molar-refractivity contribution in [3.63, 3.8) is 0 Å². The minimum Gasteiger partial charge on any atom is -0.379 e. The molecule has 0 spiro atoms. The standard InChI is InChI=1S/C19H26N2O2/c1-16-3-2-4-17(13-16)5-6-19(22)21-8-7-18(15-21)14-20-9-11-23-12-10-20/h2-6,13,18H,7-12,14-15H2,1H3/b6-5-/t18-/m0/s1. The summed E-state index contributed by atoms with van der Waals surface area (Å²) in [6.07, 6.45) is 4.75. The first-order chi connectivity index (χ1) is 11.2. The quantitative estimate of drug-likeness (QED) is 0.799. The third-order valence-electron chi connectivity index (χ3n) is 4.68. The van der Waals surface area contributed by atoms with Gasteiger partial charge in [-0.3, -0.25) is 9.69 Å². The van der Waals surface area contributed by atoms with Crippen LogP contribution in [0.3, 0.4) is 0 Å². The Morgan fingerprint density at radius 3 is 2.91 bits per heavy atom. The third-order valence-corrected chi connectivity index (χ3v) is 4.68. The average Bonchev–Trinajstić information content (AvgIpc) is 3.02. The molecule has 1 amide bonds. The molecule has 0 bridgehead atoms. The summed E-state index contributed by atoms with van der Waals surface area (Å²) in [5.41, 5.74) is 2.30. The number of benzene rings is 1. The molecular formula is C19H26N2O2. The highest BCUT2D eigenvalue weighted by Crippen LogP contribution is 2.19. The van der Waals surface area contributed by atoms with E-state index in [0.717, 1.165) is 57.9 Å². The largest absolute Gasteiger partial charge is 0.379 e. The molecule has 2 aliphatic rings. The van der Waals surface area contributed by atoms with Crippen LogP contribution in [0.1, 0.15) is 17.5 Å². The first kappa shape index (κ1) is 16.2. The number of nitrogens with zero attached hydrogens (tertiary/aromatic N) is 2. The van der Waals surface area contributed by atoms with Gasteiger partial charge in [-0.05, 0) is 30.9 Å². The number of morpholine rings is 1. The van der Waals surface area contributed by atoms with Crippen LogP contribution in [0.2, 0.25) is 0 Å². The van der Waals surface area contributed by atoms with Gasteiger partial charge in [0.1, 0.15) is 0 Å². The van der Waals surface area contributed by atoms with Crippen LogP contribution in [0.4, 0.5) is 0 Å². The monoisotopic (exact) mass is 314 g/mol. The molecule has 0 aromatic heterocycles. The zero-order valence-corrected chi connectivity index (χ0v) is 13.9. The molecule has 2 heterocycles. The van der Waals surface area contributed by atoms with Crippen molar-refractivity contribution in [3.8, 4) is 0 Å². The van der Waals surface area contributed by atoms with E-state index >= 15 is 0 Å². The van der Waals surface area contributed by atoms with Crippen molar-refractivity contribution in [1.29, 1.82) is 0 Å². The lowest BCUT2D eigenvalue weighted by Crippen LogP contribution is -2.40. The van der Waals surface area contributed by atoms with Crippen molar-refractivity contribution in [3.05, 3.63) is 41.5 Å². The summed E-state index contributed by atoms with van der Waals surface area (Å²) in [5, 5.41) is 0. The Labute approximate surface area is 138 Å². The number of carbonyl (C=O) groups excluding carboxylic acids is 1. The third kappa shape index (κ3) is 4.66. The summed E-state index contributed by atoms with van der Waals surface area (Å²) in [6.45, 7) is 8.66. The highest BCUT2D eigenvalue weighted by molar-refractivity contribution is 5.92. The summed E-state index contributed by atoms with van der Waals surface area (Å²) in [6, 6.07) is 8.21. The molecule has 2 fully saturated rings. The predicted octanol–water partition coefficient (Wildman–Crippen LogP) is 2.19. The van der Waals surface area contributed by atoms with Gasteiger partial charge < -0.3 is 9.64 Å². The number of hydrogen-bond acceptors (Lipinski definition) is 3.